The summed E-state index contributed by atoms with van der Waals surface area (Å²) < 4.78 is 0. The van der Waals surface area contributed by atoms with Crippen LogP contribution in [-0.4, -0.2) is 0 Å². The van der Waals surface area contributed by atoms with E-state index >= 15 is 0 Å². The van der Waals surface area contributed by atoms with Gasteiger partial charge in [-0.1, -0.05) is 218 Å². The van der Waals surface area contributed by atoms with E-state index in [9.17, 15) is 0 Å². The van der Waals surface area contributed by atoms with Crippen molar-refractivity contribution in [2.45, 2.75) is 0 Å². The summed E-state index contributed by atoms with van der Waals surface area (Å²) in [5, 5.41) is 0. The monoisotopic (exact) mass is 868 g/mol. The number of rotatable bonds is 12. The summed E-state index contributed by atoms with van der Waals surface area (Å²) in [6.07, 6.45) is 0. The van der Waals surface area contributed by atoms with Gasteiger partial charge in [-0.2, -0.15) is 0 Å². The van der Waals surface area contributed by atoms with Gasteiger partial charge in [0.1, 0.15) is 0 Å². The molecule has 0 aromatic heterocycles. The van der Waals surface area contributed by atoms with Crippen molar-refractivity contribution in [3.8, 4) is 66.8 Å². The summed E-state index contributed by atoms with van der Waals surface area (Å²) in [6.45, 7) is 0. The molecule has 2 heteroatoms. The SMILES string of the molecule is c1ccc(-c2ccc(N(c3ccccc3)c3ccc(-c4ccc(-c5ccccc5-c5ccc(-c6ccc(N(c7ccccc7)c7ccc(-c8ccccc8)cc7)cc6)cc5)cc4)cc3)cc2)cc1. The molecule has 2 nitrogen and oxygen atoms in total. The van der Waals surface area contributed by atoms with Gasteiger partial charge in [-0.05, 0) is 140 Å². The van der Waals surface area contributed by atoms with Gasteiger partial charge in [0.15, 0.2) is 0 Å². The molecule has 0 atom stereocenters. The smallest absolute Gasteiger partial charge is 0.0462 e. The van der Waals surface area contributed by atoms with E-state index in [1.807, 2.05) is 0 Å². The summed E-state index contributed by atoms with van der Waals surface area (Å²) in [5.41, 5.74) is 21.0. The number of para-hydroxylation sites is 2. The van der Waals surface area contributed by atoms with E-state index in [1.54, 1.807) is 0 Å². The predicted octanol–water partition coefficient (Wildman–Crippen LogP) is 18.6. The number of benzene rings is 11. The van der Waals surface area contributed by atoms with Crippen LogP contribution >= 0.6 is 0 Å². The van der Waals surface area contributed by atoms with Gasteiger partial charge in [0.05, 0.1) is 0 Å². The zero-order valence-corrected chi connectivity index (χ0v) is 37.6. The van der Waals surface area contributed by atoms with Gasteiger partial charge < -0.3 is 9.80 Å². The number of hydrogen-bond donors (Lipinski definition) is 0. The van der Waals surface area contributed by atoms with Crippen LogP contribution in [0.4, 0.5) is 34.1 Å². The average Bonchev–Trinajstić information content (AvgIpc) is 3.43. The number of hydrogen-bond acceptors (Lipinski definition) is 2. The predicted molar refractivity (Wildman–Crippen MR) is 288 cm³/mol. The van der Waals surface area contributed by atoms with Crippen molar-refractivity contribution in [1.29, 1.82) is 0 Å². The zero-order valence-electron chi connectivity index (χ0n) is 37.6. The van der Waals surface area contributed by atoms with E-state index in [2.05, 4.69) is 301 Å². The van der Waals surface area contributed by atoms with E-state index in [1.165, 1.54) is 66.8 Å². The Labute approximate surface area is 400 Å². The molecule has 11 aromatic carbocycles. The van der Waals surface area contributed by atoms with Crippen molar-refractivity contribution in [2.75, 3.05) is 9.80 Å². The standard InChI is InChI=1S/C66H48N2/c1-5-15-49(16-6-1)53-33-41-61(42-34-53)67(59-19-9-3-10-20-59)63-45-37-55(38-46-63)51-25-29-57(30-26-51)65-23-13-14-24-66(65)58-31-27-52(28-32-58)56-39-47-64(48-40-56)68(60-21-11-4-12-22-60)62-43-35-54(36-44-62)50-17-7-2-8-18-50/h1-48H. The molecule has 0 fully saturated rings. The fraction of sp³-hybridized carbons (Fsp3) is 0. The third-order valence-corrected chi connectivity index (χ3v) is 12.7. The highest BCUT2D eigenvalue weighted by Crippen LogP contribution is 2.40. The van der Waals surface area contributed by atoms with Crippen molar-refractivity contribution in [1.82, 2.24) is 0 Å². The molecule has 0 bridgehead atoms. The Morgan fingerprint density at radius 2 is 0.309 bits per heavy atom. The minimum absolute atomic E-state index is 1.11. The van der Waals surface area contributed by atoms with Crippen LogP contribution in [-0.2, 0) is 0 Å². The van der Waals surface area contributed by atoms with Crippen molar-refractivity contribution in [3.05, 3.63) is 291 Å². The quantitative estimate of drug-likeness (QED) is 0.121. The minimum Gasteiger partial charge on any atom is -0.311 e. The summed E-state index contributed by atoms with van der Waals surface area (Å²) >= 11 is 0. The first-order chi connectivity index (χ1) is 33.7. The third-order valence-electron chi connectivity index (χ3n) is 12.7. The van der Waals surface area contributed by atoms with Gasteiger partial charge in [0.2, 0.25) is 0 Å². The Morgan fingerprint density at radius 3 is 0.574 bits per heavy atom. The maximum atomic E-state index is 2.31. The largest absolute Gasteiger partial charge is 0.311 e. The molecule has 0 aliphatic rings. The first-order valence-electron chi connectivity index (χ1n) is 23.2. The minimum atomic E-state index is 1.11. The first kappa shape index (κ1) is 41.7. The average molecular weight is 869 g/mol. The molecule has 68 heavy (non-hydrogen) atoms. The molecule has 0 radical (unpaired) electrons. The molecular weight excluding hydrogens is 821 g/mol. The highest BCUT2D eigenvalue weighted by atomic mass is 15.1. The molecule has 0 saturated heterocycles. The lowest BCUT2D eigenvalue weighted by atomic mass is 9.92. The molecule has 0 unspecified atom stereocenters. The summed E-state index contributed by atoms with van der Waals surface area (Å²) in [4.78, 5) is 4.63. The molecule has 0 N–H and O–H groups in total. The van der Waals surface area contributed by atoms with Crippen LogP contribution in [0.1, 0.15) is 0 Å². The Kier molecular flexibility index (Phi) is 11.8. The van der Waals surface area contributed by atoms with Crippen LogP contribution < -0.4 is 9.80 Å². The van der Waals surface area contributed by atoms with Crippen LogP contribution in [0.2, 0.25) is 0 Å². The molecule has 11 rings (SSSR count). The molecule has 322 valence electrons. The second-order valence-electron chi connectivity index (χ2n) is 17.0. The number of anilines is 6. The maximum absolute atomic E-state index is 2.31. The normalized spacial score (nSPS) is 10.9. The van der Waals surface area contributed by atoms with Crippen molar-refractivity contribution >= 4 is 34.1 Å². The van der Waals surface area contributed by atoms with Gasteiger partial charge in [0, 0.05) is 34.1 Å². The molecule has 0 spiro atoms. The van der Waals surface area contributed by atoms with Gasteiger partial charge >= 0.3 is 0 Å². The second-order valence-corrected chi connectivity index (χ2v) is 17.0. The van der Waals surface area contributed by atoms with Crippen molar-refractivity contribution in [3.63, 3.8) is 0 Å². The molecule has 0 aliphatic heterocycles. The zero-order chi connectivity index (χ0) is 45.5. The Bertz CT molecular complexity index is 3120. The summed E-state index contributed by atoms with van der Waals surface area (Å²) in [5.74, 6) is 0. The van der Waals surface area contributed by atoms with Crippen molar-refractivity contribution in [2.24, 2.45) is 0 Å². The van der Waals surface area contributed by atoms with Crippen LogP contribution in [0.3, 0.4) is 0 Å². The molecule has 0 saturated carbocycles. The molecule has 0 aliphatic carbocycles. The fourth-order valence-corrected chi connectivity index (χ4v) is 9.19. The lowest BCUT2D eigenvalue weighted by Gasteiger charge is -2.26. The highest BCUT2D eigenvalue weighted by Gasteiger charge is 2.16. The Balaban J connectivity index is 0.808. The summed E-state index contributed by atoms with van der Waals surface area (Å²) in [6, 6.07) is 104. The molecule has 0 heterocycles. The lowest BCUT2D eigenvalue weighted by molar-refractivity contribution is 1.28. The molecular formula is C66H48N2. The maximum Gasteiger partial charge on any atom is 0.0462 e. The highest BCUT2D eigenvalue weighted by molar-refractivity contribution is 5.86. The first-order valence-corrected chi connectivity index (χ1v) is 23.2. The van der Waals surface area contributed by atoms with Crippen LogP contribution in [0.15, 0.2) is 291 Å². The Hall–Kier alpha value is -8.98. The molecule has 0 amide bonds. The van der Waals surface area contributed by atoms with E-state index in [0.29, 0.717) is 0 Å². The molecule has 11 aromatic rings. The van der Waals surface area contributed by atoms with Crippen molar-refractivity contribution < 1.29 is 0 Å². The third kappa shape index (κ3) is 8.87. The van der Waals surface area contributed by atoms with E-state index in [0.717, 1.165) is 34.1 Å². The summed E-state index contributed by atoms with van der Waals surface area (Å²) in [7, 11) is 0. The fourth-order valence-electron chi connectivity index (χ4n) is 9.19. The van der Waals surface area contributed by atoms with Gasteiger partial charge in [-0.15, -0.1) is 0 Å². The second kappa shape index (κ2) is 19.2. The van der Waals surface area contributed by atoms with Gasteiger partial charge in [0.25, 0.3) is 0 Å². The van der Waals surface area contributed by atoms with Gasteiger partial charge in [-0.25, -0.2) is 0 Å². The topological polar surface area (TPSA) is 6.48 Å². The van der Waals surface area contributed by atoms with Crippen LogP contribution in [0.25, 0.3) is 66.8 Å². The van der Waals surface area contributed by atoms with Crippen LogP contribution in [0.5, 0.6) is 0 Å². The van der Waals surface area contributed by atoms with Gasteiger partial charge in [-0.3, -0.25) is 0 Å². The lowest BCUT2D eigenvalue weighted by Crippen LogP contribution is -2.09. The van der Waals surface area contributed by atoms with E-state index in [-0.39, 0.29) is 0 Å². The van der Waals surface area contributed by atoms with E-state index in [4.69, 9.17) is 0 Å². The Morgan fingerprint density at radius 1 is 0.132 bits per heavy atom. The number of nitrogens with zero attached hydrogens (tertiary/aromatic N) is 2. The van der Waals surface area contributed by atoms with E-state index < -0.39 is 0 Å². The van der Waals surface area contributed by atoms with Crippen LogP contribution in [0, 0.1) is 0 Å².